The fourth-order valence-corrected chi connectivity index (χ4v) is 1.90. The average molecular weight is 249 g/mol. The minimum absolute atomic E-state index is 0.302. The van der Waals surface area contributed by atoms with Crippen LogP contribution in [0.4, 0.5) is 4.39 Å². The fourth-order valence-electron chi connectivity index (χ4n) is 1.90. The lowest BCUT2D eigenvalue weighted by molar-refractivity contribution is 0.415. The molecule has 0 amide bonds. The highest BCUT2D eigenvalue weighted by molar-refractivity contribution is 5.69. The first-order valence-electron chi connectivity index (χ1n) is 5.69. The van der Waals surface area contributed by atoms with Crippen LogP contribution < -0.4 is 10.1 Å². The van der Waals surface area contributed by atoms with Gasteiger partial charge in [-0.2, -0.15) is 0 Å². The van der Waals surface area contributed by atoms with E-state index < -0.39 is 0 Å². The van der Waals surface area contributed by atoms with Crippen molar-refractivity contribution in [1.82, 2.24) is 15.3 Å². The van der Waals surface area contributed by atoms with E-state index in [0.29, 0.717) is 17.9 Å². The number of hydrogen-bond acceptors (Lipinski definition) is 3. The molecule has 0 saturated carbocycles. The molecule has 5 heteroatoms. The van der Waals surface area contributed by atoms with Crippen LogP contribution in [0, 0.1) is 12.7 Å². The maximum atomic E-state index is 13.3. The van der Waals surface area contributed by atoms with Crippen LogP contribution in [0.3, 0.4) is 0 Å². The van der Waals surface area contributed by atoms with E-state index in [-0.39, 0.29) is 5.82 Å². The number of aromatic nitrogens is 2. The normalized spacial score (nSPS) is 10.7. The van der Waals surface area contributed by atoms with E-state index in [2.05, 4.69) is 15.3 Å². The average Bonchev–Trinajstić information content (AvgIpc) is 2.70. The number of nitrogens with zero attached hydrogens (tertiary/aromatic N) is 1. The zero-order valence-electron chi connectivity index (χ0n) is 10.7. The van der Waals surface area contributed by atoms with Crippen LogP contribution in [0.2, 0.25) is 0 Å². The fraction of sp³-hybridized carbons (Fsp3) is 0.308. The summed E-state index contributed by atoms with van der Waals surface area (Å²) in [7, 11) is 3.41. The SMILES string of the molecule is CNCc1nc(-c2cc(F)ccc2OC)c(C)[nH]1. The van der Waals surface area contributed by atoms with Crippen molar-refractivity contribution in [3.05, 3.63) is 35.5 Å². The summed E-state index contributed by atoms with van der Waals surface area (Å²) >= 11 is 0. The summed E-state index contributed by atoms with van der Waals surface area (Å²) < 4.78 is 18.6. The predicted octanol–water partition coefficient (Wildman–Crippen LogP) is 2.25. The van der Waals surface area contributed by atoms with Gasteiger partial charge in [0.1, 0.15) is 17.4 Å². The number of imidazole rings is 1. The molecule has 4 nitrogen and oxygen atoms in total. The highest BCUT2D eigenvalue weighted by atomic mass is 19.1. The third kappa shape index (κ3) is 2.36. The molecule has 0 aliphatic heterocycles. The molecule has 18 heavy (non-hydrogen) atoms. The number of ether oxygens (including phenoxy) is 1. The van der Waals surface area contributed by atoms with Crippen molar-refractivity contribution in [2.45, 2.75) is 13.5 Å². The van der Waals surface area contributed by atoms with Crippen molar-refractivity contribution < 1.29 is 9.13 Å². The summed E-state index contributed by atoms with van der Waals surface area (Å²) in [6.07, 6.45) is 0. The number of halogens is 1. The van der Waals surface area contributed by atoms with Gasteiger partial charge < -0.3 is 15.0 Å². The predicted molar refractivity (Wildman–Crippen MR) is 68.0 cm³/mol. The zero-order valence-corrected chi connectivity index (χ0v) is 10.7. The van der Waals surface area contributed by atoms with E-state index in [1.165, 1.54) is 12.1 Å². The van der Waals surface area contributed by atoms with Gasteiger partial charge in [-0.1, -0.05) is 0 Å². The smallest absolute Gasteiger partial charge is 0.128 e. The van der Waals surface area contributed by atoms with Gasteiger partial charge in [-0.05, 0) is 32.2 Å². The van der Waals surface area contributed by atoms with E-state index >= 15 is 0 Å². The van der Waals surface area contributed by atoms with Crippen molar-refractivity contribution in [3.63, 3.8) is 0 Å². The quantitative estimate of drug-likeness (QED) is 0.873. The molecular formula is C13H16FN3O. The molecule has 2 rings (SSSR count). The number of hydrogen-bond donors (Lipinski definition) is 2. The Hall–Kier alpha value is -1.88. The Morgan fingerprint density at radius 1 is 1.44 bits per heavy atom. The second-order valence-corrected chi connectivity index (χ2v) is 4.03. The Morgan fingerprint density at radius 2 is 2.22 bits per heavy atom. The molecule has 0 saturated heterocycles. The monoisotopic (exact) mass is 249 g/mol. The van der Waals surface area contributed by atoms with E-state index in [1.54, 1.807) is 13.2 Å². The van der Waals surface area contributed by atoms with Crippen LogP contribution in [-0.2, 0) is 6.54 Å². The van der Waals surface area contributed by atoms with Gasteiger partial charge in [0.2, 0.25) is 0 Å². The number of aromatic amines is 1. The minimum atomic E-state index is -0.302. The Morgan fingerprint density at radius 3 is 2.89 bits per heavy atom. The molecule has 0 atom stereocenters. The number of methoxy groups -OCH3 is 1. The Labute approximate surface area is 105 Å². The van der Waals surface area contributed by atoms with Crippen LogP contribution in [0.1, 0.15) is 11.5 Å². The molecule has 0 bridgehead atoms. The van der Waals surface area contributed by atoms with Crippen LogP contribution in [0.25, 0.3) is 11.3 Å². The lowest BCUT2D eigenvalue weighted by Crippen LogP contribution is -2.06. The van der Waals surface area contributed by atoms with Gasteiger partial charge in [0.05, 0.1) is 19.3 Å². The molecule has 0 fully saturated rings. The third-order valence-corrected chi connectivity index (χ3v) is 2.69. The molecule has 0 unspecified atom stereocenters. The lowest BCUT2D eigenvalue weighted by Gasteiger charge is -2.06. The van der Waals surface area contributed by atoms with Gasteiger partial charge in [0, 0.05) is 11.3 Å². The molecule has 0 radical (unpaired) electrons. The van der Waals surface area contributed by atoms with Crippen LogP contribution in [-0.4, -0.2) is 24.1 Å². The summed E-state index contributed by atoms with van der Waals surface area (Å²) in [4.78, 5) is 7.62. The van der Waals surface area contributed by atoms with E-state index in [1.807, 2.05) is 14.0 Å². The summed E-state index contributed by atoms with van der Waals surface area (Å²) in [5, 5.41) is 3.02. The first kappa shape index (κ1) is 12.6. The molecule has 0 aliphatic carbocycles. The second-order valence-electron chi connectivity index (χ2n) is 4.03. The van der Waals surface area contributed by atoms with Gasteiger partial charge in [0.15, 0.2) is 0 Å². The number of aryl methyl sites for hydroxylation is 1. The standard InChI is InChI=1S/C13H16FN3O/c1-8-13(17-12(16-8)7-15-2)10-6-9(14)4-5-11(10)18-3/h4-6,15H,7H2,1-3H3,(H,16,17). The van der Waals surface area contributed by atoms with Gasteiger partial charge in [0.25, 0.3) is 0 Å². The number of rotatable bonds is 4. The summed E-state index contributed by atoms with van der Waals surface area (Å²) in [5.74, 6) is 1.13. The zero-order chi connectivity index (χ0) is 13.1. The molecule has 0 aliphatic rings. The Balaban J connectivity index is 2.50. The van der Waals surface area contributed by atoms with E-state index in [4.69, 9.17) is 4.74 Å². The van der Waals surface area contributed by atoms with Gasteiger partial charge in [-0.25, -0.2) is 9.37 Å². The maximum absolute atomic E-state index is 13.3. The highest BCUT2D eigenvalue weighted by Gasteiger charge is 2.14. The Bertz CT molecular complexity index is 551. The van der Waals surface area contributed by atoms with Crippen molar-refractivity contribution in [2.24, 2.45) is 0 Å². The number of benzene rings is 1. The maximum Gasteiger partial charge on any atom is 0.128 e. The van der Waals surface area contributed by atoms with E-state index in [9.17, 15) is 4.39 Å². The van der Waals surface area contributed by atoms with Crippen LogP contribution >= 0.6 is 0 Å². The molecule has 0 spiro atoms. The molecule has 2 aromatic rings. The summed E-state index contributed by atoms with van der Waals surface area (Å²) in [6, 6.07) is 4.42. The highest BCUT2D eigenvalue weighted by Crippen LogP contribution is 2.31. The number of H-pyrrole nitrogens is 1. The van der Waals surface area contributed by atoms with Gasteiger partial charge in [-0.15, -0.1) is 0 Å². The van der Waals surface area contributed by atoms with Gasteiger partial charge in [-0.3, -0.25) is 0 Å². The van der Waals surface area contributed by atoms with Crippen LogP contribution in [0.15, 0.2) is 18.2 Å². The first-order valence-corrected chi connectivity index (χ1v) is 5.69. The summed E-state index contributed by atoms with van der Waals surface area (Å²) in [5.41, 5.74) is 2.27. The molecule has 1 heterocycles. The Kier molecular flexibility index (Phi) is 3.62. The number of nitrogens with one attached hydrogen (secondary N) is 2. The molecule has 2 N–H and O–H groups in total. The molecular weight excluding hydrogens is 233 g/mol. The topological polar surface area (TPSA) is 49.9 Å². The largest absolute Gasteiger partial charge is 0.496 e. The van der Waals surface area contributed by atoms with Gasteiger partial charge >= 0.3 is 0 Å². The van der Waals surface area contributed by atoms with Crippen LogP contribution in [0.5, 0.6) is 5.75 Å². The van der Waals surface area contributed by atoms with Crippen molar-refractivity contribution in [3.8, 4) is 17.0 Å². The summed E-state index contributed by atoms with van der Waals surface area (Å²) in [6.45, 7) is 2.55. The van der Waals surface area contributed by atoms with Crippen molar-refractivity contribution in [2.75, 3.05) is 14.2 Å². The second kappa shape index (κ2) is 5.18. The lowest BCUT2D eigenvalue weighted by atomic mass is 10.1. The third-order valence-electron chi connectivity index (χ3n) is 2.69. The molecule has 96 valence electrons. The van der Waals surface area contributed by atoms with E-state index in [0.717, 1.165) is 17.2 Å². The molecule has 1 aromatic heterocycles. The molecule has 1 aromatic carbocycles. The minimum Gasteiger partial charge on any atom is -0.496 e. The van der Waals surface area contributed by atoms with Crippen molar-refractivity contribution in [1.29, 1.82) is 0 Å². The van der Waals surface area contributed by atoms with Crippen molar-refractivity contribution >= 4 is 0 Å². The first-order chi connectivity index (χ1) is 8.65.